The molecule has 1 N–H and O–H groups in total. The molecule has 184 valence electrons. The zero-order valence-electron chi connectivity index (χ0n) is 16.9. The second kappa shape index (κ2) is 13.1. The predicted molar refractivity (Wildman–Crippen MR) is 110 cm³/mol. The first-order valence-electron chi connectivity index (χ1n) is 8.68. The van der Waals surface area contributed by atoms with Crippen LogP contribution in [0.15, 0.2) is 70.7 Å². The van der Waals surface area contributed by atoms with Crippen molar-refractivity contribution < 1.29 is 61.6 Å². The summed E-state index contributed by atoms with van der Waals surface area (Å²) < 4.78 is 57.6. The van der Waals surface area contributed by atoms with Gasteiger partial charge in [0.2, 0.25) is 0 Å². The van der Waals surface area contributed by atoms with E-state index in [4.69, 9.17) is 0 Å². The quantitative estimate of drug-likeness (QED) is 0.359. The molecule has 0 aliphatic heterocycles. The number of aromatic nitrogens is 2. The normalized spacial score (nSPS) is 10.9. The van der Waals surface area contributed by atoms with Crippen molar-refractivity contribution in [3.05, 3.63) is 87.3 Å². The van der Waals surface area contributed by atoms with Crippen LogP contribution in [0.4, 0.5) is 0 Å². The van der Waals surface area contributed by atoms with Gasteiger partial charge in [0.25, 0.3) is 0 Å². The molecule has 3 rings (SSSR count). The van der Waals surface area contributed by atoms with Gasteiger partial charge in [0.15, 0.2) is 0 Å². The van der Waals surface area contributed by atoms with Crippen molar-refractivity contribution in [1.82, 2.24) is 9.97 Å². The van der Waals surface area contributed by atoms with Crippen molar-refractivity contribution in [2.24, 2.45) is 0 Å². The molecule has 3 aromatic rings. The van der Waals surface area contributed by atoms with Crippen molar-refractivity contribution >= 4 is 20.0 Å². The Bertz CT molecular complexity index is 1150. The average Bonchev–Trinajstić information content (AvgIpc) is 2.74. The van der Waals surface area contributed by atoms with Crippen molar-refractivity contribution in [3.8, 4) is 5.75 Å². The predicted octanol–water partition coefficient (Wildman–Crippen LogP) is 2.20. The minimum Gasteiger partial charge on any atom is -0.871 e. The molecule has 0 saturated heterocycles. The van der Waals surface area contributed by atoms with E-state index in [-0.39, 0.29) is 58.3 Å². The van der Waals surface area contributed by atoms with E-state index in [1.807, 2.05) is 0 Å². The second-order valence-electron chi connectivity index (χ2n) is 6.26. The van der Waals surface area contributed by atoms with Crippen LogP contribution in [-0.4, -0.2) is 32.3 Å². The van der Waals surface area contributed by atoms with Crippen LogP contribution in [0.2, 0.25) is 0 Å². The number of hydrogen-bond donors (Lipinski definition) is 0. The van der Waals surface area contributed by atoms with Crippen molar-refractivity contribution in [3.63, 3.8) is 0 Å². The number of aryl methyl sites for hydroxylation is 1. The Labute approximate surface area is 213 Å². The molecule has 10 nitrogen and oxygen atoms in total. The summed E-state index contributed by atoms with van der Waals surface area (Å²) in [4.78, 5) is 6.51. The van der Waals surface area contributed by atoms with Crippen LogP contribution in [0.1, 0.15) is 17.0 Å². The van der Waals surface area contributed by atoms with E-state index in [0.717, 1.165) is 12.1 Å². The molecule has 0 amide bonds. The van der Waals surface area contributed by atoms with Crippen LogP contribution in [0.25, 0.3) is 9.44 Å². The number of nitrogens with zero attached hydrogens (tertiary/aromatic N) is 4. The van der Waals surface area contributed by atoms with Gasteiger partial charge >= 0.3 is 34.1 Å². The van der Waals surface area contributed by atoms with Gasteiger partial charge in [0.05, 0.1) is 0 Å². The minimum absolute atomic E-state index is 0. The topological polar surface area (TPSA) is 175 Å². The molecule has 0 aliphatic carbocycles. The molecule has 2 aromatic heterocycles. The summed E-state index contributed by atoms with van der Waals surface area (Å²) in [7, 11) is -8.81. The number of rotatable bonds is 8. The number of sulfonamides is 2. The maximum absolute atomic E-state index is 12.7. The molecule has 0 atom stereocenters. The molecule has 0 bridgehead atoms. The zero-order valence-corrected chi connectivity index (χ0v) is 20.4. The first kappa shape index (κ1) is 31.1. The summed E-state index contributed by atoms with van der Waals surface area (Å²) in [5.74, 6) is -1.17. The third kappa shape index (κ3) is 8.14. The fraction of sp³-hybridized carbons (Fsp3) is 0.158. The van der Waals surface area contributed by atoms with Gasteiger partial charge in [0.1, 0.15) is 20.0 Å². The first-order valence-corrected chi connectivity index (χ1v) is 11.6. The third-order valence-corrected chi connectivity index (χ3v) is 6.62. The molecule has 2 heterocycles. The molecule has 33 heavy (non-hydrogen) atoms. The van der Waals surface area contributed by atoms with E-state index >= 15 is 0 Å². The van der Waals surface area contributed by atoms with E-state index in [1.54, 1.807) is 36.4 Å². The van der Waals surface area contributed by atoms with E-state index in [2.05, 4.69) is 19.4 Å². The largest absolute Gasteiger partial charge is 2.00 e. The Morgan fingerprint density at radius 2 is 1.18 bits per heavy atom. The van der Waals surface area contributed by atoms with Gasteiger partial charge < -0.3 is 20.0 Å². The fourth-order valence-electron chi connectivity index (χ4n) is 2.52. The van der Waals surface area contributed by atoms with Gasteiger partial charge in [0, 0.05) is 33.6 Å². The van der Waals surface area contributed by atoms with Crippen LogP contribution < -0.4 is 5.11 Å². The van der Waals surface area contributed by atoms with Crippen LogP contribution >= 0.6 is 0 Å². The molecule has 0 saturated carbocycles. The van der Waals surface area contributed by atoms with Gasteiger partial charge in [-0.05, 0) is 48.9 Å². The molecule has 1 aromatic carbocycles. The summed E-state index contributed by atoms with van der Waals surface area (Å²) in [6, 6.07) is 12.0. The van der Waals surface area contributed by atoms with Crippen LogP contribution in [0.5, 0.6) is 5.75 Å². The monoisotopic (exact) mass is 588 g/mol. The number of benzene rings is 1. The maximum atomic E-state index is 12.7. The Morgan fingerprint density at radius 1 is 0.788 bits per heavy atom. The van der Waals surface area contributed by atoms with Crippen molar-refractivity contribution in [2.75, 3.05) is 0 Å². The summed E-state index contributed by atoms with van der Waals surface area (Å²) in [5.41, 5.74) is 1.05. The first-order chi connectivity index (χ1) is 14.2. The summed E-state index contributed by atoms with van der Waals surface area (Å²) in [6.07, 6.45) is 2.97. The third-order valence-electron chi connectivity index (χ3n) is 3.97. The van der Waals surface area contributed by atoms with Crippen LogP contribution in [0.3, 0.4) is 0 Å². The summed E-state index contributed by atoms with van der Waals surface area (Å²) in [6.45, 7) is 0.931. The Kier molecular flexibility index (Phi) is 12.4. The average molecular weight is 590 g/mol. The molecular weight excluding hydrogens is 571 g/mol. The maximum Gasteiger partial charge on any atom is 2.00 e. The standard InChI is InChI=1S/C19H18N4O5S2.2Cu.H2O/c1-14-10-17(29(25,26)22-12-15-6-2-4-8-20-15)19(24)18(11-14)30(27,28)23-13-16-7-3-5-9-21-16;;;/h2-11,24H,12-13H2,1H3;;;1H2/q-2;2*+2;/p-2. The molecule has 0 spiro atoms. The molecule has 0 fully saturated rings. The fourth-order valence-corrected chi connectivity index (χ4v) is 4.82. The van der Waals surface area contributed by atoms with Gasteiger partial charge in [-0.2, -0.15) is 0 Å². The molecule has 0 unspecified atom stereocenters. The van der Waals surface area contributed by atoms with Gasteiger partial charge in [-0.3, -0.25) is 9.97 Å². The van der Waals surface area contributed by atoms with E-state index in [1.165, 1.54) is 19.3 Å². The molecule has 2 radical (unpaired) electrons. The van der Waals surface area contributed by atoms with E-state index in [9.17, 15) is 21.9 Å². The summed E-state index contributed by atoms with van der Waals surface area (Å²) >= 11 is 0. The Balaban J connectivity index is 0.00000341. The minimum atomic E-state index is -4.41. The van der Waals surface area contributed by atoms with Gasteiger partial charge in [-0.15, -0.1) is 0 Å². The van der Waals surface area contributed by atoms with Gasteiger partial charge in [-0.1, -0.05) is 31.0 Å². The van der Waals surface area contributed by atoms with Crippen LogP contribution in [0, 0.1) is 6.92 Å². The van der Waals surface area contributed by atoms with Crippen molar-refractivity contribution in [2.45, 2.75) is 29.8 Å². The molecule has 0 aliphatic rings. The molecule has 14 heteroatoms. The zero-order chi connectivity index (χ0) is 21.8. The smallest absolute Gasteiger partial charge is 0.871 e. The number of pyridine rings is 2. The SMILES string of the molecule is Cc1cc(S(=O)(=O)[N-]Cc2ccccn2)c([O-])c(S(=O)(=O)[N-]Cc2ccccn2)c1.[Cu+2].[Cu+2].[OH-]. The van der Waals surface area contributed by atoms with Gasteiger partial charge in [-0.25, -0.2) is 16.8 Å². The van der Waals surface area contributed by atoms with E-state index < -0.39 is 35.6 Å². The Hall–Kier alpha value is -1.86. The van der Waals surface area contributed by atoms with Crippen molar-refractivity contribution in [1.29, 1.82) is 0 Å². The van der Waals surface area contributed by atoms with Crippen LogP contribution in [-0.2, 0) is 67.3 Å². The van der Waals surface area contributed by atoms with E-state index in [0.29, 0.717) is 11.4 Å². The summed E-state index contributed by atoms with van der Waals surface area (Å²) in [5, 5.41) is 12.7. The Morgan fingerprint density at radius 3 is 1.52 bits per heavy atom. The number of hydrogen-bond acceptors (Lipinski definition) is 8. The second-order valence-corrected chi connectivity index (χ2v) is 9.55. The molecular formula is C19H18Cu2N4O6S2.